The highest BCUT2D eigenvalue weighted by atomic mass is 16.2. The van der Waals surface area contributed by atoms with Crippen LogP contribution in [0.4, 0.5) is 11.4 Å². The number of anilines is 2. The third-order valence-electron chi connectivity index (χ3n) is 4.88. The van der Waals surface area contributed by atoms with Crippen LogP contribution >= 0.6 is 0 Å². The van der Waals surface area contributed by atoms with E-state index >= 15 is 0 Å². The van der Waals surface area contributed by atoms with Crippen molar-refractivity contribution in [2.24, 2.45) is 0 Å². The topological polar surface area (TPSA) is 65.5 Å². The Hall–Kier alpha value is -2.89. The zero-order valence-corrected chi connectivity index (χ0v) is 17.5. The van der Waals surface area contributed by atoms with E-state index in [1.165, 1.54) is 12.4 Å². The largest absolute Gasteiger partial charge is 0.372 e. The number of carbonyl (C=O) groups excluding carboxylic acids is 2. The highest BCUT2D eigenvalue weighted by molar-refractivity contribution is 6.06. The van der Waals surface area contributed by atoms with Gasteiger partial charge in [-0.25, -0.2) is 0 Å². The molecule has 1 aromatic carbocycles. The van der Waals surface area contributed by atoms with Crippen LogP contribution in [-0.4, -0.2) is 47.9 Å². The Morgan fingerprint density at radius 2 is 1.57 bits per heavy atom. The first kappa shape index (κ1) is 21.4. The molecule has 1 heterocycles. The van der Waals surface area contributed by atoms with Crippen LogP contribution in [0.15, 0.2) is 36.7 Å². The van der Waals surface area contributed by atoms with Gasteiger partial charge in [0.2, 0.25) is 0 Å². The lowest BCUT2D eigenvalue weighted by Crippen LogP contribution is -2.30. The van der Waals surface area contributed by atoms with Gasteiger partial charge in [0.05, 0.1) is 11.1 Å². The minimum atomic E-state index is -0.277. The van der Waals surface area contributed by atoms with Crippen molar-refractivity contribution < 1.29 is 9.59 Å². The predicted octanol–water partition coefficient (Wildman–Crippen LogP) is 3.97. The summed E-state index contributed by atoms with van der Waals surface area (Å²) in [5.74, 6) is -0.396. The lowest BCUT2D eigenvalue weighted by molar-refractivity contribution is 0.0772. The Kier molecular flexibility index (Phi) is 7.55. The molecule has 2 aromatic rings. The Balaban J connectivity index is 2.19. The molecule has 0 unspecified atom stereocenters. The number of rotatable bonds is 8. The van der Waals surface area contributed by atoms with Crippen molar-refractivity contribution in [2.75, 3.05) is 36.4 Å². The standard InChI is InChI=1S/C22H30N4O2/c1-6-25(7-2)19-10-11-20(16(5)12-19)24-21(27)17-13-18(15-23-14-17)22(28)26(8-3)9-4/h10-15H,6-9H2,1-5H3,(H,24,27). The molecule has 2 amide bonds. The van der Waals surface area contributed by atoms with Gasteiger partial charge in [-0.05, 0) is 64.4 Å². The number of hydrogen-bond acceptors (Lipinski definition) is 4. The molecule has 1 N–H and O–H groups in total. The summed E-state index contributed by atoms with van der Waals surface area (Å²) in [6.07, 6.45) is 2.98. The fraction of sp³-hybridized carbons (Fsp3) is 0.409. The number of nitrogens with one attached hydrogen (secondary N) is 1. The van der Waals surface area contributed by atoms with Gasteiger partial charge in [-0.15, -0.1) is 0 Å². The molecule has 0 saturated heterocycles. The van der Waals surface area contributed by atoms with Crippen molar-refractivity contribution in [1.29, 1.82) is 0 Å². The zero-order valence-electron chi connectivity index (χ0n) is 17.5. The molecule has 0 fully saturated rings. The number of hydrogen-bond donors (Lipinski definition) is 1. The van der Waals surface area contributed by atoms with Crippen LogP contribution in [0.3, 0.4) is 0 Å². The first-order valence-corrected chi connectivity index (χ1v) is 9.86. The first-order valence-electron chi connectivity index (χ1n) is 9.86. The minimum absolute atomic E-state index is 0.119. The van der Waals surface area contributed by atoms with Crippen molar-refractivity contribution in [1.82, 2.24) is 9.88 Å². The first-order chi connectivity index (χ1) is 13.4. The molecule has 28 heavy (non-hydrogen) atoms. The molecule has 0 saturated carbocycles. The van der Waals surface area contributed by atoms with Gasteiger partial charge in [-0.1, -0.05) is 0 Å². The van der Waals surface area contributed by atoms with Crippen LogP contribution in [0.25, 0.3) is 0 Å². The van der Waals surface area contributed by atoms with Crippen LogP contribution in [-0.2, 0) is 0 Å². The molecular formula is C22H30N4O2. The smallest absolute Gasteiger partial charge is 0.257 e. The number of aromatic nitrogens is 1. The van der Waals surface area contributed by atoms with Crippen LogP contribution in [0.1, 0.15) is 54.0 Å². The SMILES string of the molecule is CCN(CC)C(=O)c1cncc(C(=O)Nc2ccc(N(CC)CC)cc2C)c1. The molecule has 0 aliphatic rings. The maximum absolute atomic E-state index is 12.7. The molecule has 150 valence electrons. The maximum Gasteiger partial charge on any atom is 0.257 e. The van der Waals surface area contributed by atoms with Crippen LogP contribution in [0.5, 0.6) is 0 Å². The molecule has 0 atom stereocenters. The maximum atomic E-state index is 12.7. The lowest BCUT2D eigenvalue weighted by atomic mass is 10.1. The van der Waals surface area contributed by atoms with E-state index in [-0.39, 0.29) is 11.8 Å². The Bertz CT molecular complexity index is 827. The quantitative estimate of drug-likeness (QED) is 0.750. The van der Waals surface area contributed by atoms with Crippen molar-refractivity contribution >= 4 is 23.2 Å². The average molecular weight is 383 g/mol. The summed E-state index contributed by atoms with van der Waals surface area (Å²) >= 11 is 0. The highest BCUT2D eigenvalue weighted by Gasteiger charge is 2.16. The van der Waals surface area contributed by atoms with Gasteiger partial charge in [0, 0.05) is 49.9 Å². The average Bonchev–Trinajstić information content (AvgIpc) is 2.71. The molecule has 0 spiro atoms. The third-order valence-corrected chi connectivity index (χ3v) is 4.88. The van der Waals surface area contributed by atoms with Crippen molar-refractivity contribution in [3.05, 3.63) is 53.3 Å². The van der Waals surface area contributed by atoms with E-state index in [2.05, 4.69) is 35.1 Å². The van der Waals surface area contributed by atoms with E-state index in [4.69, 9.17) is 0 Å². The van der Waals surface area contributed by atoms with Crippen LogP contribution in [0.2, 0.25) is 0 Å². The van der Waals surface area contributed by atoms with Gasteiger partial charge in [0.1, 0.15) is 0 Å². The monoisotopic (exact) mass is 382 g/mol. The summed E-state index contributed by atoms with van der Waals surface area (Å²) in [4.78, 5) is 33.2. The van der Waals surface area contributed by atoms with Gasteiger partial charge in [0.15, 0.2) is 0 Å². The minimum Gasteiger partial charge on any atom is -0.372 e. The Morgan fingerprint density at radius 3 is 2.14 bits per heavy atom. The zero-order chi connectivity index (χ0) is 20.7. The molecule has 0 bridgehead atoms. The molecule has 0 radical (unpaired) electrons. The van der Waals surface area contributed by atoms with E-state index in [1.807, 2.05) is 32.9 Å². The molecule has 6 nitrogen and oxygen atoms in total. The van der Waals surface area contributed by atoms with Crippen molar-refractivity contribution in [3.63, 3.8) is 0 Å². The molecule has 0 aliphatic heterocycles. The predicted molar refractivity (Wildman–Crippen MR) is 114 cm³/mol. The second-order valence-electron chi connectivity index (χ2n) is 6.57. The summed E-state index contributed by atoms with van der Waals surface area (Å²) in [6.45, 7) is 13.2. The van der Waals surface area contributed by atoms with E-state index in [1.54, 1.807) is 11.0 Å². The van der Waals surface area contributed by atoms with Crippen molar-refractivity contribution in [2.45, 2.75) is 34.6 Å². The normalized spacial score (nSPS) is 10.5. The Morgan fingerprint density at radius 1 is 0.929 bits per heavy atom. The summed E-state index contributed by atoms with van der Waals surface area (Å²) in [5, 5.41) is 2.93. The highest BCUT2D eigenvalue weighted by Crippen LogP contribution is 2.23. The second-order valence-corrected chi connectivity index (χ2v) is 6.57. The molecule has 0 aliphatic carbocycles. The summed E-state index contributed by atoms with van der Waals surface area (Å²) in [7, 11) is 0. The number of pyridine rings is 1. The number of amides is 2. The van der Waals surface area contributed by atoms with Gasteiger partial charge >= 0.3 is 0 Å². The molecule has 1 aromatic heterocycles. The summed E-state index contributed by atoms with van der Waals surface area (Å²) in [6, 6.07) is 7.59. The summed E-state index contributed by atoms with van der Waals surface area (Å²) in [5.41, 5.74) is 3.66. The molecule has 2 rings (SSSR count). The van der Waals surface area contributed by atoms with Crippen LogP contribution < -0.4 is 10.2 Å². The fourth-order valence-electron chi connectivity index (χ4n) is 3.14. The second kappa shape index (κ2) is 9.88. The lowest BCUT2D eigenvalue weighted by Gasteiger charge is -2.22. The fourth-order valence-corrected chi connectivity index (χ4v) is 3.14. The number of aryl methyl sites for hydroxylation is 1. The summed E-state index contributed by atoms with van der Waals surface area (Å²) < 4.78 is 0. The van der Waals surface area contributed by atoms with E-state index in [0.717, 1.165) is 30.0 Å². The van der Waals surface area contributed by atoms with Gasteiger partial charge in [-0.2, -0.15) is 0 Å². The van der Waals surface area contributed by atoms with E-state index in [9.17, 15) is 9.59 Å². The molecular weight excluding hydrogens is 352 g/mol. The Labute approximate surface area is 167 Å². The number of nitrogens with zero attached hydrogens (tertiary/aromatic N) is 3. The van der Waals surface area contributed by atoms with Crippen molar-refractivity contribution in [3.8, 4) is 0 Å². The van der Waals surface area contributed by atoms with E-state index in [0.29, 0.717) is 24.2 Å². The van der Waals surface area contributed by atoms with Gasteiger partial charge in [-0.3, -0.25) is 14.6 Å². The van der Waals surface area contributed by atoms with Gasteiger partial charge < -0.3 is 15.1 Å². The van der Waals surface area contributed by atoms with Gasteiger partial charge in [0.25, 0.3) is 11.8 Å². The number of carbonyl (C=O) groups is 2. The van der Waals surface area contributed by atoms with Crippen LogP contribution in [0, 0.1) is 6.92 Å². The third kappa shape index (κ3) is 4.88. The number of benzene rings is 1. The van der Waals surface area contributed by atoms with E-state index < -0.39 is 0 Å². The molecule has 6 heteroatoms.